The standard InChI is InChI=1S/C8H7NO3S2/c1-5-9-7-3-2-6(14(10,11)12)4-8(7)13-5/h2-4H,1H3,(H,10,11,12). The van der Waals surface area contributed by atoms with Crippen molar-refractivity contribution < 1.29 is 13.0 Å². The number of hydrogen-bond donors (Lipinski definition) is 1. The van der Waals surface area contributed by atoms with Crippen molar-refractivity contribution in [3.63, 3.8) is 0 Å². The Kier molecular flexibility index (Phi) is 2.06. The Morgan fingerprint density at radius 2 is 2.14 bits per heavy atom. The zero-order valence-corrected chi connectivity index (χ0v) is 8.89. The fraction of sp³-hybridized carbons (Fsp3) is 0.125. The van der Waals surface area contributed by atoms with Gasteiger partial charge >= 0.3 is 0 Å². The average molecular weight is 229 g/mol. The molecule has 0 aliphatic rings. The molecule has 1 heterocycles. The molecule has 74 valence electrons. The van der Waals surface area contributed by atoms with Gasteiger partial charge in [0, 0.05) is 0 Å². The van der Waals surface area contributed by atoms with Crippen LogP contribution in [0.4, 0.5) is 0 Å². The molecule has 0 amide bonds. The van der Waals surface area contributed by atoms with Crippen molar-refractivity contribution in [2.24, 2.45) is 0 Å². The van der Waals surface area contributed by atoms with Gasteiger partial charge in [-0.25, -0.2) is 4.98 Å². The third-order valence-electron chi connectivity index (χ3n) is 1.76. The molecule has 1 aromatic heterocycles. The van der Waals surface area contributed by atoms with Gasteiger partial charge in [-0.15, -0.1) is 11.3 Å². The largest absolute Gasteiger partial charge is 0.294 e. The van der Waals surface area contributed by atoms with Crippen molar-refractivity contribution in [1.82, 2.24) is 4.98 Å². The Balaban J connectivity index is 2.74. The van der Waals surface area contributed by atoms with Crippen molar-refractivity contribution >= 4 is 31.7 Å². The molecule has 0 radical (unpaired) electrons. The number of fused-ring (bicyclic) bond motifs is 1. The first-order chi connectivity index (χ1) is 6.47. The molecular formula is C8H7NO3S2. The zero-order valence-electron chi connectivity index (χ0n) is 7.26. The van der Waals surface area contributed by atoms with Crippen molar-refractivity contribution in [2.45, 2.75) is 11.8 Å². The van der Waals surface area contributed by atoms with E-state index in [2.05, 4.69) is 4.98 Å². The van der Waals surface area contributed by atoms with E-state index in [1.807, 2.05) is 6.92 Å². The first-order valence-corrected chi connectivity index (χ1v) is 6.07. The molecule has 0 spiro atoms. The van der Waals surface area contributed by atoms with Crippen LogP contribution in [0, 0.1) is 6.92 Å². The molecule has 2 rings (SSSR count). The highest BCUT2D eigenvalue weighted by Crippen LogP contribution is 2.24. The number of nitrogens with zero attached hydrogens (tertiary/aromatic N) is 1. The summed E-state index contributed by atoms with van der Waals surface area (Å²) < 4.78 is 31.2. The molecular weight excluding hydrogens is 222 g/mol. The molecule has 0 aliphatic carbocycles. The number of aryl methyl sites for hydroxylation is 1. The van der Waals surface area contributed by atoms with Crippen LogP contribution < -0.4 is 0 Å². The molecule has 0 fully saturated rings. The van der Waals surface area contributed by atoms with Crippen molar-refractivity contribution in [3.8, 4) is 0 Å². The van der Waals surface area contributed by atoms with E-state index in [0.29, 0.717) is 0 Å². The molecule has 0 atom stereocenters. The van der Waals surface area contributed by atoms with Crippen LogP contribution in [0.25, 0.3) is 10.2 Å². The smallest absolute Gasteiger partial charge is 0.282 e. The lowest BCUT2D eigenvalue weighted by Gasteiger charge is -1.94. The summed E-state index contributed by atoms with van der Waals surface area (Å²) in [5, 5.41) is 0.868. The van der Waals surface area contributed by atoms with Crippen LogP contribution in [0.2, 0.25) is 0 Å². The van der Waals surface area contributed by atoms with Gasteiger partial charge in [0.05, 0.1) is 20.1 Å². The minimum atomic E-state index is -4.11. The first-order valence-electron chi connectivity index (χ1n) is 3.81. The lowest BCUT2D eigenvalue weighted by molar-refractivity contribution is 0.483. The lowest BCUT2D eigenvalue weighted by atomic mass is 10.3. The summed E-state index contributed by atoms with van der Waals surface area (Å²) in [5.41, 5.74) is 0.750. The molecule has 0 aliphatic heterocycles. The number of aromatic nitrogens is 1. The Morgan fingerprint density at radius 1 is 1.43 bits per heavy atom. The van der Waals surface area contributed by atoms with Crippen molar-refractivity contribution in [2.75, 3.05) is 0 Å². The predicted molar refractivity (Wildman–Crippen MR) is 54.2 cm³/mol. The maximum absolute atomic E-state index is 10.8. The molecule has 6 heteroatoms. The highest BCUT2D eigenvalue weighted by atomic mass is 32.2. The Hall–Kier alpha value is -0.980. The quantitative estimate of drug-likeness (QED) is 0.758. The van der Waals surface area contributed by atoms with Crippen LogP contribution in [-0.4, -0.2) is 18.0 Å². The Morgan fingerprint density at radius 3 is 2.79 bits per heavy atom. The van der Waals surface area contributed by atoms with Crippen LogP contribution in [0.5, 0.6) is 0 Å². The fourth-order valence-corrected chi connectivity index (χ4v) is 2.63. The minimum absolute atomic E-state index is 0.0892. The van der Waals surface area contributed by atoms with Gasteiger partial charge in [-0.1, -0.05) is 0 Å². The van der Waals surface area contributed by atoms with Gasteiger partial charge in [0.25, 0.3) is 10.1 Å². The molecule has 0 saturated heterocycles. The van der Waals surface area contributed by atoms with Gasteiger partial charge in [0.15, 0.2) is 0 Å². The van der Waals surface area contributed by atoms with E-state index < -0.39 is 10.1 Å². The number of thiazole rings is 1. The summed E-state index contributed by atoms with van der Waals surface area (Å²) in [4.78, 5) is 4.09. The van der Waals surface area contributed by atoms with Crippen LogP contribution in [0.15, 0.2) is 23.1 Å². The zero-order chi connectivity index (χ0) is 10.3. The number of rotatable bonds is 1. The van der Waals surface area contributed by atoms with E-state index in [-0.39, 0.29) is 4.90 Å². The summed E-state index contributed by atoms with van der Waals surface area (Å²) in [6.45, 7) is 1.85. The van der Waals surface area contributed by atoms with Crippen LogP contribution in [0.3, 0.4) is 0 Å². The van der Waals surface area contributed by atoms with Gasteiger partial charge in [0.1, 0.15) is 0 Å². The van der Waals surface area contributed by atoms with E-state index in [1.165, 1.54) is 23.5 Å². The van der Waals surface area contributed by atoms with Crippen LogP contribution in [0.1, 0.15) is 5.01 Å². The monoisotopic (exact) mass is 229 g/mol. The van der Waals surface area contributed by atoms with Gasteiger partial charge in [-0.2, -0.15) is 8.42 Å². The molecule has 14 heavy (non-hydrogen) atoms. The first kappa shape index (κ1) is 9.57. The predicted octanol–water partition coefficient (Wildman–Crippen LogP) is 1.85. The van der Waals surface area contributed by atoms with Gasteiger partial charge in [0.2, 0.25) is 0 Å². The van der Waals surface area contributed by atoms with Gasteiger partial charge in [-0.3, -0.25) is 4.55 Å². The maximum atomic E-state index is 10.8. The molecule has 0 bridgehead atoms. The molecule has 0 unspecified atom stereocenters. The second-order valence-electron chi connectivity index (χ2n) is 2.84. The summed E-state index contributed by atoms with van der Waals surface area (Å²) in [6, 6.07) is 4.36. The second kappa shape index (κ2) is 3.01. The van der Waals surface area contributed by atoms with E-state index in [4.69, 9.17) is 4.55 Å². The molecule has 1 aromatic carbocycles. The summed E-state index contributed by atoms with van der Waals surface area (Å²) in [7, 11) is -4.11. The number of hydrogen-bond acceptors (Lipinski definition) is 4. The summed E-state index contributed by atoms with van der Waals surface area (Å²) >= 11 is 1.40. The van der Waals surface area contributed by atoms with Crippen LogP contribution >= 0.6 is 11.3 Å². The average Bonchev–Trinajstić information content (AvgIpc) is 2.41. The minimum Gasteiger partial charge on any atom is -0.282 e. The molecule has 2 aromatic rings. The lowest BCUT2D eigenvalue weighted by Crippen LogP contribution is -1.96. The molecule has 4 nitrogen and oxygen atoms in total. The normalized spacial score (nSPS) is 12.1. The number of benzene rings is 1. The second-order valence-corrected chi connectivity index (χ2v) is 5.49. The van der Waals surface area contributed by atoms with Crippen LogP contribution in [-0.2, 0) is 10.1 Å². The Bertz CT molecular complexity index is 586. The van der Waals surface area contributed by atoms with E-state index in [1.54, 1.807) is 6.07 Å². The third kappa shape index (κ3) is 1.63. The summed E-state index contributed by atoms with van der Waals surface area (Å²) in [5.74, 6) is 0. The summed E-state index contributed by atoms with van der Waals surface area (Å²) in [6.07, 6.45) is 0. The van der Waals surface area contributed by atoms with Crippen molar-refractivity contribution in [1.29, 1.82) is 0 Å². The van der Waals surface area contributed by atoms with E-state index >= 15 is 0 Å². The maximum Gasteiger partial charge on any atom is 0.294 e. The van der Waals surface area contributed by atoms with Crippen molar-refractivity contribution in [3.05, 3.63) is 23.2 Å². The van der Waals surface area contributed by atoms with E-state index in [0.717, 1.165) is 15.2 Å². The fourth-order valence-electron chi connectivity index (χ4n) is 1.18. The SMILES string of the molecule is Cc1nc2ccc(S(=O)(=O)O)cc2s1. The van der Waals surface area contributed by atoms with Gasteiger partial charge < -0.3 is 0 Å². The van der Waals surface area contributed by atoms with Gasteiger partial charge in [-0.05, 0) is 25.1 Å². The highest BCUT2D eigenvalue weighted by Gasteiger charge is 2.11. The molecule has 1 N–H and O–H groups in total. The van der Waals surface area contributed by atoms with E-state index in [9.17, 15) is 8.42 Å². The Labute approximate surface area is 85.0 Å². The third-order valence-corrected chi connectivity index (χ3v) is 3.55. The topological polar surface area (TPSA) is 67.3 Å². The highest BCUT2D eigenvalue weighted by molar-refractivity contribution is 7.85. The molecule has 0 saturated carbocycles.